The summed E-state index contributed by atoms with van der Waals surface area (Å²) in [6, 6.07) is 7.40. The fraction of sp³-hybridized carbons (Fsp3) is 0.526. The van der Waals surface area contributed by atoms with Gasteiger partial charge >= 0.3 is 0 Å². The first-order chi connectivity index (χ1) is 12.0. The van der Waals surface area contributed by atoms with Crippen molar-refractivity contribution in [2.75, 3.05) is 6.54 Å². The molecule has 25 heavy (non-hydrogen) atoms. The van der Waals surface area contributed by atoms with E-state index in [0.29, 0.717) is 12.0 Å². The van der Waals surface area contributed by atoms with E-state index in [9.17, 15) is 14.4 Å². The first-order valence-electron chi connectivity index (χ1n) is 8.95. The Bertz CT molecular complexity index is 669. The largest absolute Gasteiger partial charge is 0.334 e. The molecule has 2 fully saturated rings. The number of hydrogen-bond acceptors (Lipinski definition) is 4. The smallest absolute Gasteiger partial charge is 0.254 e. The van der Waals surface area contributed by atoms with Crippen LogP contribution >= 0.6 is 0 Å². The Morgan fingerprint density at radius 1 is 1.28 bits per heavy atom. The number of imide groups is 1. The van der Waals surface area contributed by atoms with Crippen molar-refractivity contribution in [1.29, 1.82) is 0 Å². The van der Waals surface area contributed by atoms with Crippen molar-refractivity contribution >= 4 is 17.7 Å². The van der Waals surface area contributed by atoms with E-state index in [-0.39, 0.29) is 42.1 Å². The summed E-state index contributed by atoms with van der Waals surface area (Å²) >= 11 is 0. The molecular weight excluding hydrogens is 318 g/mol. The molecule has 2 heterocycles. The van der Waals surface area contributed by atoms with Crippen LogP contribution in [0.4, 0.5) is 0 Å². The van der Waals surface area contributed by atoms with E-state index in [2.05, 4.69) is 5.32 Å². The van der Waals surface area contributed by atoms with Crippen LogP contribution in [-0.2, 0) is 16.0 Å². The van der Waals surface area contributed by atoms with Gasteiger partial charge in [-0.25, -0.2) is 0 Å². The Kier molecular flexibility index (Phi) is 5.18. The zero-order valence-electron chi connectivity index (χ0n) is 14.5. The van der Waals surface area contributed by atoms with E-state index in [1.165, 1.54) is 0 Å². The second-order valence-corrected chi connectivity index (χ2v) is 7.14. The van der Waals surface area contributed by atoms with Crippen LogP contribution < -0.4 is 11.1 Å². The summed E-state index contributed by atoms with van der Waals surface area (Å²) in [4.78, 5) is 37.7. The molecular formula is C19H25N3O3. The van der Waals surface area contributed by atoms with E-state index in [4.69, 9.17) is 5.73 Å². The van der Waals surface area contributed by atoms with Crippen LogP contribution in [0.15, 0.2) is 24.3 Å². The number of nitrogens with zero attached hydrogens (tertiary/aromatic N) is 1. The predicted octanol–water partition coefficient (Wildman–Crippen LogP) is 1.23. The van der Waals surface area contributed by atoms with Crippen LogP contribution in [0, 0.1) is 5.92 Å². The molecule has 3 rings (SSSR count). The molecule has 3 unspecified atom stereocenters. The van der Waals surface area contributed by atoms with E-state index < -0.39 is 0 Å². The van der Waals surface area contributed by atoms with Crippen LogP contribution in [-0.4, -0.2) is 41.2 Å². The zero-order chi connectivity index (χ0) is 18.0. The fourth-order valence-corrected chi connectivity index (χ4v) is 3.76. The van der Waals surface area contributed by atoms with Crippen molar-refractivity contribution in [1.82, 2.24) is 10.2 Å². The molecule has 1 aromatic carbocycles. The Morgan fingerprint density at radius 2 is 2.00 bits per heavy atom. The van der Waals surface area contributed by atoms with E-state index >= 15 is 0 Å². The number of nitrogens with two attached hydrogens (primary N) is 1. The maximum atomic E-state index is 12.8. The number of benzene rings is 1. The third kappa shape index (κ3) is 3.90. The van der Waals surface area contributed by atoms with Crippen LogP contribution in [0.2, 0.25) is 0 Å². The van der Waals surface area contributed by atoms with Crippen LogP contribution in [0.5, 0.6) is 0 Å². The highest BCUT2D eigenvalue weighted by Crippen LogP contribution is 2.22. The SMILES string of the molecule is CC(N)C1CCCCN1C(=O)c1ccc(CC2CC(=O)NC2=O)cc1. The van der Waals surface area contributed by atoms with Crippen LogP contribution in [0.25, 0.3) is 0 Å². The van der Waals surface area contributed by atoms with Gasteiger partial charge in [0, 0.05) is 30.6 Å². The van der Waals surface area contributed by atoms with Crippen molar-refractivity contribution in [2.45, 2.75) is 51.1 Å². The van der Waals surface area contributed by atoms with Crippen molar-refractivity contribution in [3.05, 3.63) is 35.4 Å². The molecule has 3 atom stereocenters. The minimum atomic E-state index is -0.307. The van der Waals surface area contributed by atoms with E-state index in [1.807, 2.05) is 24.0 Å². The topological polar surface area (TPSA) is 92.5 Å². The number of nitrogens with one attached hydrogen (secondary N) is 1. The number of piperidine rings is 1. The molecule has 1 aromatic rings. The second kappa shape index (κ2) is 7.35. The minimum absolute atomic E-state index is 0.0161. The van der Waals surface area contributed by atoms with E-state index in [1.54, 1.807) is 12.1 Å². The first kappa shape index (κ1) is 17.6. The Hall–Kier alpha value is -2.21. The Morgan fingerprint density at radius 3 is 2.60 bits per heavy atom. The summed E-state index contributed by atoms with van der Waals surface area (Å²) in [6.07, 6.45) is 3.82. The summed E-state index contributed by atoms with van der Waals surface area (Å²) < 4.78 is 0. The van der Waals surface area contributed by atoms with Crippen molar-refractivity contribution in [3.63, 3.8) is 0 Å². The van der Waals surface area contributed by atoms with Gasteiger partial charge in [0.25, 0.3) is 5.91 Å². The highest BCUT2D eigenvalue weighted by Gasteiger charge is 2.31. The zero-order valence-corrected chi connectivity index (χ0v) is 14.5. The van der Waals surface area contributed by atoms with Gasteiger partial charge in [0.2, 0.25) is 11.8 Å². The van der Waals surface area contributed by atoms with Crippen LogP contribution in [0.3, 0.4) is 0 Å². The van der Waals surface area contributed by atoms with Crippen molar-refractivity contribution in [3.8, 4) is 0 Å². The molecule has 6 heteroatoms. The average Bonchev–Trinajstić information content (AvgIpc) is 2.92. The Balaban J connectivity index is 1.68. The molecule has 134 valence electrons. The van der Waals surface area contributed by atoms with Crippen molar-refractivity contribution < 1.29 is 14.4 Å². The van der Waals surface area contributed by atoms with Gasteiger partial charge in [-0.2, -0.15) is 0 Å². The Labute approximate surface area is 147 Å². The molecule has 2 aliphatic heterocycles. The number of carbonyl (C=O) groups excluding carboxylic acids is 3. The third-order valence-electron chi connectivity index (χ3n) is 5.17. The van der Waals surface area contributed by atoms with Gasteiger partial charge in [-0.1, -0.05) is 12.1 Å². The average molecular weight is 343 g/mol. The van der Waals surface area contributed by atoms with Gasteiger partial charge in [-0.3, -0.25) is 19.7 Å². The van der Waals surface area contributed by atoms with Crippen LogP contribution in [0.1, 0.15) is 48.5 Å². The van der Waals surface area contributed by atoms with Gasteiger partial charge < -0.3 is 10.6 Å². The van der Waals surface area contributed by atoms with Gasteiger partial charge in [0.05, 0.1) is 5.92 Å². The lowest BCUT2D eigenvalue weighted by molar-refractivity contribution is -0.125. The lowest BCUT2D eigenvalue weighted by atomic mass is 9.95. The summed E-state index contributed by atoms with van der Waals surface area (Å²) in [6.45, 7) is 2.70. The highest BCUT2D eigenvalue weighted by atomic mass is 16.2. The standard InChI is InChI=1S/C19H25N3O3/c1-12(20)16-4-2-3-9-22(16)19(25)14-7-5-13(6-8-14)10-15-11-17(23)21-18(15)24/h5-8,12,15-16H,2-4,9-11,20H2,1H3,(H,21,23,24). The van der Waals surface area contributed by atoms with Gasteiger partial charge in [-0.05, 0) is 50.3 Å². The summed E-state index contributed by atoms with van der Waals surface area (Å²) in [5.74, 6) is -0.715. The summed E-state index contributed by atoms with van der Waals surface area (Å²) in [5, 5.41) is 2.32. The summed E-state index contributed by atoms with van der Waals surface area (Å²) in [5.41, 5.74) is 7.65. The molecule has 6 nitrogen and oxygen atoms in total. The molecule has 2 aliphatic rings. The lowest BCUT2D eigenvalue weighted by Gasteiger charge is -2.38. The molecule has 0 aromatic heterocycles. The number of amides is 3. The third-order valence-corrected chi connectivity index (χ3v) is 5.17. The monoisotopic (exact) mass is 343 g/mol. The number of rotatable bonds is 4. The fourth-order valence-electron chi connectivity index (χ4n) is 3.76. The second-order valence-electron chi connectivity index (χ2n) is 7.14. The molecule has 0 spiro atoms. The molecule has 3 amide bonds. The predicted molar refractivity (Wildman–Crippen MR) is 93.7 cm³/mol. The minimum Gasteiger partial charge on any atom is -0.334 e. The maximum Gasteiger partial charge on any atom is 0.254 e. The number of likely N-dealkylation sites (tertiary alicyclic amines) is 1. The van der Waals surface area contributed by atoms with Crippen molar-refractivity contribution in [2.24, 2.45) is 11.7 Å². The molecule has 0 aliphatic carbocycles. The van der Waals surface area contributed by atoms with Gasteiger partial charge in [0.15, 0.2) is 0 Å². The van der Waals surface area contributed by atoms with Gasteiger partial charge in [-0.15, -0.1) is 0 Å². The molecule has 3 N–H and O–H groups in total. The lowest BCUT2D eigenvalue weighted by Crippen LogP contribution is -2.51. The maximum absolute atomic E-state index is 12.8. The molecule has 0 radical (unpaired) electrons. The normalized spacial score (nSPS) is 25.0. The quantitative estimate of drug-likeness (QED) is 0.804. The number of hydrogen-bond donors (Lipinski definition) is 2. The number of carbonyl (C=O) groups is 3. The van der Waals surface area contributed by atoms with Gasteiger partial charge in [0.1, 0.15) is 0 Å². The molecule has 0 bridgehead atoms. The molecule has 0 saturated carbocycles. The first-order valence-corrected chi connectivity index (χ1v) is 8.95. The molecule has 2 saturated heterocycles. The van der Waals surface area contributed by atoms with E-state index in [0.717, 1.165) is 31.4 Å². The highest BCUT2D eigenvalue weighted by molar-refractivity contribution is 6.03. The summed E-state index contributed by atoms with van der Waals surface area (Å²) in [7, 11) is 0.